The second-order valence-corrected chi connectivity index (χ2v) is 3.62. The van der Waals surface area contributed by atoms with E-state index in [9.17, 15) is 4.79 Å². The van der Waals surface area contributed by atoms with Crippen LogP contribution in [0.4, 0.5) is 0 Å². The summed E-state index contributed by atoms with van der Waals surface area (Å²) in [5, 5.41) is 8.89. The molecule has 0 aliphatic heterocycles. The molecule has 3 nitrogen and oxygen atoms in total. The monoisotopic (exact) mass is 217 g/mol. The fraction of sp³-hybridized carbons (Fsp3) is 0.385. The second-order valence-electron chi connectivity index (χ2n) is 3.62. The van der Waals surface area contributed by atoms with Crippen molar-refractivity contribution in [1.82, 2.24) is 0 Å². The van der Waals surface area contributed by atoms with Crippen molar-refractivity contribution >= 4 is 5.97 Å². The van der Waals surface area contributed by atoms with Crippen LogP contribution >= 0.6 is 0 Å². The van der Waals surface area contributed by atoms with Gasteiger partial charge in [0.2, 0.25) is 0 Å². The van der Waals surface area contributed by atoms with Crippen molar-refractivity contribution in [2.24, 2.45) is 5.92 Å². The number of carbonyl (C=O) groups excluding carboxylic acids is 1. The molecule has 1 aromatic rings. The van der Waals surface area contributed by atoms with Crippen LogP contribution in [0.5, 0.6) is 0 Å². The number of nitriles is 1. The molecule has 0 aliphatic rings. The largest absolute Gasteiger partial charge is 0.465 e. The molecule has 0 aromatic heterocycles. The molecule has 0 amide bonds. The third-order valence-electron chi connectivity index (χ3n) is 2.29. The van der Waals surface area contributed by atoms with Gasteiger partial charge in [0.15, 0.2) is 0 Å². The first-order chi connectivity index (χ1) is 7.67. The fourth-order valence-electron chi connectivity index (χ4n) is 1.38. The van der Waals surface area contributed by atoms with E-state index in [1.54, 1.807) is 6.92 Å². The SMILES string of the molecule is CCOC(=O)C(C#N)Cc1ccc(C)cc1. The predicted octanol–water partition coefficient (Wildman–Crippen LogP) is 2.24. The van der Waals surface area contributed by atoms with Crippen LogP contribution in [-0.2, 0) is 16.0 Å². The minimum Gasteiger partial charge on any atom is -0.465 e. The first-order valence-corrected chi connectivity index (χ1v) is 5.29. The number of nitrogens with zero attached hydrogens (tertiary/aromatic N) is 1. The Kier molecular flexibility index (Phi) is 4.53. The Bertz CT molecular complexity index is 389. The number of benzene rings is 1. The molecule has 0 heterocycles. The molecule has 1 unspecified atom stereocenters. The van der Waals surface area contributed by atoms with Gasteiger partial charge in [-0.25, -0.2) is 0 Å². The molecule has 0 radical (unpaired) electrons. The third kappa shape index (κ3) is 3.39. The Morgan fingerprint density at radius 2 is 2.06 bits per heavy atom. The number of hydrogen-bond acceptors (Lipinski definition) is 3. The Morgan fingerprint density at radius 3 is 2.56 bits per heavy atom. The molecule has 0 bridgehead atoms. The zero-order valence-corrected chi connectivity index (χ0v) is 9.56. The maximum Gasteiger partial charge on any atom is 0.323 e. The van der Waals surface area contributed by atoms with E-state index >= 15 is 0 Å². The predicted molar refractivity (Wildman–Crippen MR) is 60.6 cm³/mol. The van der Waals surface area contributed by atoms with Gasteiger partial charge in [0.1, 0.15) is 5.92 Å². The highest BCUT2D eigenvalue weighted by atomic mass is 16.5. The summed E-state index contributed by atoms with van der Waals surface area (Å²) in [5.41, 5.74) is 2.14. The number of esters is 1. The zero-order chi connectivity index (χ0) is 12.0. The van der Waals surface area contributed by atoms with Crippen molar-refractivity contribution in [2.75, 3.05) is 6.61 Å². The highest BCUT2D eigenvalue weighted by Gasteiger charge is 2.19. The molecule has 3 heteroatoms. The minimum atomic E-state index is -0.706. The second kappa shape index (κ2) is 5.92. The van der Waals surface area contributed by atoms with E-state index < -0.39 is 11.9 Å². The van der Waals surface area contributed by atoms with Crippen molar-refractivity contribution in [3.8, 4) is 6.07 Å². The van der Waals surface area contributed by atoms with Gasteiger partial charge in [-0.05, 0) is 25.8 Å². The normalized spacial score (nSPS) is 11.6. The summed E-state index contributed by atoms with van der Waals surface area (Å²) in [6.07, 6.45) is 0.412. The van der Waals surface area contributed by atoms with E-state index in [0.717, 1.165) is 11.1 Å². The van der Waals surface area contributed by atoms with E-state index in [1.165, 1.54) is 0 Å². The first-order valence-electron chi connectivity index (χ1n) is 5.29. The van der Waals surface area contributed by atoms with Crippen LogP contribution in [0.15, 0.2) is 24.3 Å². The van der Waals surface area contributed by atoms with Gasteiger partial charge < -0.3 is 4.74 Å². The molecular weight excluding hydrogens is 202 g/mol. The van der Waals surface area contributed by atoms with E-state index in [4.69, 9.17) is 10.00 Å². The van der Waals surface area contributed by atoms with E-state index in [0.29, 0.717) is 13.0 Å². The molecule has 0 saturated carbocycles. The topological polar surface area (TPSA) is 50.1 Å². The highest BCUT2D eigenvalue weighted by Crippen LogP contribution is 2.11. The number of carbonyl (C=O) groups is 1. The molecule has 0 aliphatic carbocycles. The molecule has 0 N–H and O–H groups in total. The average Bonchev–Trinajstić information content (AvgIpc) is 2.28. The minimum absolute atomic E-state index is 0.310. The zero-order valence-electron chi connectivity index (χ0n) is 9.56. The number of ether oxygens (including phenoxy) is 1. The van der Waals surface area contributed by atoms with Crippen molar-refractivity contribution < 1.29 is 9.53 Å². The molecule has 84 valence electrons. The smallest absolute Gasteiger partial charge is 0.323 e. The molecule has 1 atom stereocenters. The number of hydrogen-bond donors (Lipinski definition) is 0. The molecule has 0 saturated heterocycles. The molecular formula is C13H15NO2. The standard InChI is InChI=1S/C13H15NO2/c1-3-16-13(15)12(9-14)8-11-6-4-10(2)5-7-11/h4-7,12H,3,8H2,1-2H3. The fourth-order valence-corrected chi connectivity index (χ4v) is 1.38. The molecule has 0 fully saturated rings. The first kappa shape index (κ1) is 12.3. The van der Waals surface area contributed by atoms with Crippen LogP contribution < -0.4 is 0 Å². The van der Waals surface area contributed by atoms with Crippen molar-refractivity contribution in [1.29, 1.82) is 5.26 Å². The number of rotatable bonds is 4. The lowest BCUT2D eigenvalue weighted by molar-refractivity contribution is -0.145. The quantitative estimate of drug-likeness (QED) is 0.727. The van der Waals surface area contributed by atoms with Gasteiger partial charge in [0.05, 0.1) is 12.7 Å². The summed E-state index contributed by atoms with van der Waals surface area (Å²) in [4.78, 5) is 11.4. The summed E-state index contributed by atoms with van der Waals surface area (Å²) in [6.45, 7) is 4.04. The maximum atomic E-state index is 11.4. The average molecular weight is 217 g/mol. The molecule has 16 heavy (non-hydrogen) atoms. The van der Waals surface area contributed by atoms with E-state index in [1.807, 2.05) is 37.3 Å². The van der Waals surface area contributed by atoms with Crippen molar-refractivity contribution in [3.63, 3.8) is 0 Å². The van der Waals surface area contributed by atoms with E-state index in [2.05, 4.69) is 0 Å². The molecule has 0 spiro atoms. The van der Waals surface area contributed by atoms with Crippen LogP contribution in [0.25, 0.3) is 0 Å². The molecule has 1 rings (SSSR count). The molecule has 1 aromatic carbocycles. The maximum absolute atomic E-state index is 11.4. The summed E-state index contributed by atoms with van der Waals surface area (Å²) in [6, 6.07) is 9.77. The lowest BCUT2D eigenvalue weighted by Gasteiger charge is -2.08. The van der Waals surface area contributed by atoms with Crippen LogP contribution in [0.1, 0.15) is 18.1 Å². The van der Waals surface area contributed by atoms with Crippen molar-refractivity contribution in [3.05, 3.63) is 35.4 Å². The van der Waals surface area contributed by atoms with Crippen molar-refractivity contribution in [2.45, 2.75) is 20.3 Å². The van der Waals surface area contributed by atoms with Gasteiger partial charge in [0.25, 0.3) is 0 Å². The summed E-state index contributed by atoms with van der Waals surface area (Å²) >= 11 is 0. The van der Waals surface area contributed by atoms with Gasteiger partial charge in [-0.15, -0.1) is 0 Å². The Hall–Kier alpha value is -1.82. The highest BCUT2D eigenvalue weighted by molar-refractivity contribution is 5.75. The van der Waals surface area contributed by atoms with Gasteiger partial charge in [-0.2, -0.15) is 5.26 Å². The Morgan fingerprint density at radius 1 is 1.44 bits per heavy atom. The van der Waals surface area contributed by atoms with Crippen LogP contribution in [-0.4, -0.2) is 12.6 Å². The lowest BCUT2D eigenvalue weighted by Crippen LogP contribution is -2.18. The van der Waals surface area contributed by atoms with E-state index in [-0.39, 0.29) is 0 Å². The third-order valence-corrected chi connectivity index (χ3v) is 2.29. The number of aryl methyl sites for hydroxylation is 1. The lowest BCUT2D eigenvalue weighted by atomic mass is 10.00. The van der Waals surface area contributed by atoms with Gasteiger partial charge in [-0.1, -0.05) is 29.8 Å². The Labute approximate surface area is 95.7 Å². The van der Waals surface area contributed by atoms with Gasteiger partial charge in [-0.3, -0.25) is 4.79 Å². The summed E-state index contributed by atoms with van der Waals surface area (Å²) in [5.74, 6) is -1.15. The Balaban J connectivity index is 2.67. The van der Waals surface area contributed by atoms with Gasteiger partial charge in [0, 0.05) is 0 Å². The van der Waals surface area contributed by atoms with Crippen LogP contribution in [0.2, 0.25) is 0 Å². The summed E-state index contributed by atoms with van der Waals surface area (Å²) < 4.78 is 4.83. The van der Waals surface area contributed by atoms with Gasteiger partial charge >= 0.3 is 5.97 Å². The summed E-state index contributed by atoms with van der Waals surface area (Å²) in [7, 11) is 0. The van der Waals surface area contributed by atoms with Crippen LogP contribution in [0, 0.1) is 24.2 Å². The van der Waals surface area contributed by atoms with Crippen LogP contribution in [0.3, 0.4) is 0 Å².